The molecule has 0 saturated carbocycles. The van der Waals surface area contributed by atoms with E-state index in [1.165, 1.54) is 6.07 Å². The van der Waals surface area contributed by atoms with Crippen LogP contribution in [0.25, 0.3) is 11.3 Å². The van der Waals surface area contributed by atoms with Crippen molar-refractivity contribution in [2.75, 3.05) is 37.8 Å². The Morgan fingerprint density at radius 1 is 1.14 bits per heavy atom. The van der Waals surface area contributed by atoms with Crippen molar-refractivity contribution in [1.29, 1.82) is 0 Å². The van der Waals surface area contributed by atoms with E-state index in [0.29, 0.717) is 22.5 Å². The number of hydrogen-bond donors (Lipinski definition) is 3. The first-order chi connectivity index (χ1) is 13.5. The van der Waals surface area contributed by atoms with Gasteiger partial charge in [0.2, 0.25) is 5.95 Å². The highest BCUT2D eigenvalue weighted by Gasteiger charge is 2.09. The number of nitrogens with zero attached hydrogens (tertiary/aromatic N) is 4. The molecule has 28 heavy (non-hydrogen) atoms. The highest BCUT2D eigenvalue weighted by molar-refractivity contribution is 6.31. The second-order valence-corrected chi connectivity index (χ2v) is 7.01. The van der Waals surface area contributed by atoms with E-state index in [2.05, 4.69) is 30.5 Å². The van der Waals surface area contributed by atoms with Gasteiger partial charge in [-0.15, -0.1) is 0 Å². The van der Waals surface area contributed by atoms with Crippen molar-refractivity contribution < 1.29 is 5.11 Å². The Kier molecular flexibility index (Phi) is 6.62. The topological polar surface area (TPSA) is 86.2 Å². The number of aromatic hydroxyl groups is 1. The lowest BCUT2D eigenvalue weighted by atomic mass is 10.2. The number of phenols is 1. The van der Waals surface area contributed by atoms with Crippen LogP contribution in [0.5, 0.6) is 5.75 Å². The summed E-state index contributed by atoms with van der Waals surface area (Å²) in [4.78, 5) is 15.4. The molecule has 0 aliphatic carbocycles. The third-order valence-corrected chi connectivity index (χ3v) is 4.21. The van der Waals surface area contributed by atoms with Gasteiger partial charge < -0.3 is 20.6 Å². The average molecular weight is 399 g/mol. The van der Waals surface area contributed by atoms with Crippen LogP contribution in [0.3, 0.4) is 0 Å². The number of hydrogen-bond acceptors (Lipinski definition) is 7. The third-order valence-electron chi connectivity index (χ3n) is 3.97. The van der Waals surface area contributed by atoms with Crippen LogP contribution in [-0.4, -0.2) is 52.1 Å². The monoisotopic (exact) mass is 398 g/mol. The molecule has 0 aliphatic heterocycles. The summed E-state index contributed by atoms with van der Waals surface area (Å²) in [6.45, 7) is 1.72. The molecule has 0 aliphatic rings. The molecular formula is C20H23ClN6O. The van der Waals surface area contributed by atoms with E-state index in [-0.39, 0.29) is 5.75 Å². The van der Waals surface area contributed by atoms with E-state index in [4.69, 9.17) is 11.6 Å². The Bertz CT molecular complexity index is 920. The van der Waals surface area contributed by atoms with Gasteiger partial charge >= 0.3 is 0 Å². The van der Waals surface area contributed by atoms with Crippen LogP contribution < -0.4 is 10.6 Å². The Balaban J connectivity index is 1.87. The van der Waals surface area contributed by atoms with Crippen LogP contribution in [0.1, 0.15) is 6.42 Å². The number of phenolic OH excluding ortho intramolecular Hbond substituents is 1. The van der Waals surface area contributed by atoms with Gasteiger partial charge in [0.05, 0.1) is 11.4 Å². The Hall–Kier alpha value is -2.90. The number of aromatic nitrogens is 3. The van der Waals surface area contributed by atoms with Gasteiger partial charge in [0, 0.05) is 35.6 Å². The highest BCUT2D eigenvalue weighted by Crippen LogP contribution is 2.30. The van der Waals surface area contributed by atoms with Crippen LogP contribution in [-0.2, 0) is 0 Å². The third kappa shape index (κ3) is 5.55. The smallest absolute Gasteiger partial charge is 0.225 e. The van der Waals surface area contributed by atoms with Gasteiger partial charge in [-0.1, -0.05) is 11.6 Å². The second-order valence-electron chi connectivity index (χ2n) is 6.57. The maximum atomic E-state index is 10.1. The van der Waals surface area contributed by atoms with Gasteiger partial charge in [-0.25, -0.2) is 4.98 Å². The van der Waals surface area contributed by atoms with Gasteiger partial charge in [0.25, 0.3) is 0 Å². The summed E-state index contributed by atoms with van der Waals surface area (Å²) >= 11 is 6.04. The van der Waals surface area contributed by atoms with Crippen molar-refractivity contribution >= 4 is 29.1 Å². The van der Waals surface area contributed by atoms with E-state index < -0.39 is 0 Å². The molecule has 0 atom stereocenters. The SMILES string of the molecule is CN(C)CCCNc1nc(Nc2cc(Cl)ccc2O)cc(-c2cccnc2)n1. The first kappa shape index (κ1) is 19.9. The Morgan fingerprint density at radius 3 is 2.75 bits per heavy atom. The zero-order valence-corrected chi connectivity index (χ0v) is 16.6. The molecule has 3 aromatic rings. The van der Waals surface area contributed by atoms with Crippen molar-refractivity contribution in [3.63, 3.8) is 0 Å². The lowest BCUT2D eigenvalue weighted by Crippen LogP contribution is -2.17. The molecule has 0 spiro atoms. The quantitative estimate of drug-likeness (QED) is 0.390. The van der Waals surface area contributed by atoms with Crippen LogP contribution >= 0.6 is 11.6 Å². The molecule has 3 N–H and O–H groups in total. The summed E-state index contributed by atoms with van der Waals surface area (Å²) in [5, 5.41) is 17.0. The van der Waals surface area contributed by atoms with Crippen molar-refractivity contribution in [1.82, 2.24) is 19.9 Å². The molecule has 0 saturated heterocycles. The predicted octanol–water partition coefficient (Wildman–Crippen LogP) is 4.00. The number of nitrogens with one attached hydrogen (secondary N) is 2. The van der Waals surface area contributed by atoms with Crippen molar-refractivity contribution in [3.8, 4) is 17.0 Å². The maximum absolute atomic E-state index is 10.1. The number of benzene rings is 1. The fraction of sp³-hybridized carbons (Fsp3) is 0.250. The van der Waals surface area contributed by atoms with E-state index >= 15 is 0 Å². The molecule has 2 aromatic heterocycles. The summed E-state index contributed by atoms with van der Waals surface area (Å²) in [7, 11) is 4.08. The minimum Gasteiger partial charge on any atom is -0.506 e. The molecule has 0 radical (unpaired) electrons. The van der Waals surface area contributed by atoms with Crippen LogP contribution in [0, 0.1) is 0 Å². The Labute approximate surface area is 169 Å². The molecule has 7 nitrogen and oxygen atoms in total. The summed E-state index contributed by atoms with van der Waals surface area (Å²) in [6.07, 6.45) is 4.43. The molecule has 1 aromatic carbocycles. The second kappa shape index (κ2) is 9.34. The summed E-state index contributed by atoms with van der Waals surface area (Å²) in [6, 6.07) is 10.4. The standard InChI is InChI=1S/C20H23ClN6O/c1-27(2)10-4-9-23-20-25-16(14-5-3-8-22-13-14)12-19(26-20)24-17-11-15(21)6-7-18(17)28/h3,5-8,11-13,28H,4,9-10H2,1-2H3,(H2,23,24,25,26). The molecule has 146 valence electrons. The van der Waals surface area contributed by atoms with Crippen molar-refractivity contribution in [2.45, 2.75) is 6.42 Å². The van der Waals surface area contributed by atoms with E-state index in [0.717, 1.165) is 30.8 Å². The molecular weight excluding hydrogens is 376 g/mol. The van der Waals surface area contributed by atoms with E-state index in [9.17, 15) is 5.11 Å². The van der Waals surface area contributed by atoms with E-state index in [1.807, 2.05) is 32.3 Å². The molecule has 0 fully saturated rings. The number of anilines is 3. The minimum atomic E-state index is 0.0893. The number of pyridine rings is 1. The number of halogens is 1. The minimum absolute atomic E-state index is 0.0893. The van der Waals surface area contributed by atoms with Gasteiger partial charge in [-0.2, -0.15) is 4.98 Å². The summed E-state index contributed by atoms with van der Waals surface area (Å²) in [5.74, 6) is 1.14. The first-order valence-corrected chi connectivity index (χ1v) is 9.32. The zero-order valence-electron chi connectivity index (χ0n) is 15.9. The summed E-state index contributed by atoms with van der Waals surface area (Å²) < 4.78 is 0. The van der Waals surface area contributed by atoms with Gasteiger partial charge in [-0.3, -0.25) is 4.98 Å². The Morgan fingerprint density at radius 2 is 2.00 bits per heavy atom. The molecule has 0 unspecified atom stereocenters. The average Bonchev–Trinajstić information content (AvgIpc) is 2.68. The normalized spacial score (nSPS) is 10.9. The predicted molar refractivity (Wildman–Crippen MR) is 113 cm³/mol. The lowest BCUT2D eigenvalue weighted by Gasteiger charge is -2.13. The van der Waals surface area contributed by atoms with Gasteiger partial charge in [-0.05, 0) is 57.4 Å². The summed E-state index contributed by atoms with van der Waals surface area (Å²) in [5.41, 5.74) is 2.07. The lowest BCUT2D eigenvalue weighted by molar-refractivity contribution is 0.405. The van der Waals surface area contributed by atoms with Crippen LogP contribution in [0.2, 0.25) is 5.02 Å². The molecule has 2 heterocycles. The van der Waals surface area contributed by atoms with Gasteiger partial charge in [0.15, 0.2) is 0 Å². The van der Waals surface area contributed by atoms with Crippen LogP contribution in [0.15, 0.2) is 48.8 Å². The molecule has 0 amide bonds. The maximum Gasteiger partial charge on any atom is 0.225 e. The first-order valence-electron chi connectivity index (χ1n) is 8.95. The number of rotatable bonds is 8. The molecule has 3 rings (SSSR count). The van der Waals surface area contributed by atoms with Gasteiger partial charge in [0.1, 0.15) is 11.6 Å². The van der Waals surface area contributed by atoms with Crippen LogP contribution in [0.4, 0.5) is 17.5 Å². The fourth-order valence-corrected chi connectivity index (χ4v) is 2.77. The molecule has 8 heteroatoms. The largest absolute Gasteiger partial charge is 0.506 e. The van der Waals surface area contributed by atoms with Crippen molar-refractivity contribution in [3.05, 3.63) is 53.8 Å². The highest BCUT2D eigenvalue weighted by atomic mass is 35.5. The fourth-order valence-electron chi connectivity index (χ4n) is 2.59. The van der Waals surface area contributed by atoms with E-state index in [1.54, 1.807) is 24.5 Å². The van der Waals surface area contributed by atoms with Crippen molar-refractivity contribution in [2.24, 2.45) is 0 Å². The zero-order chi connectivity index (χ0) is 19.9. The molecule has 0 bridgehead atoms.